The maximum Gasteiger partial charge on any atom is 0.331 e. The summed E-state index contributed by atoms with van der Waals surface area (Å²) >= 11 is 6.09. The molecule has 0 radical (unpaired) electrons. The van der Waals surface area contributed by atoms with Crippen LogP contribution in [0.15, 0.2) is 69.1 Å². The Bertz CT molecular complexity index is 1700. The highest BCUT2D eigenvalue weighted by atomic mass is 35.5. The van der Waals surface area contributed by atoms with Gasteiger partial charge in [0.1, 0.15) is 5.52 Å². The molecule has 1 saturated heterocycles. The fraction of sp³-hybridized carbons (Fsp3) is 0.333. The van der Waals surface area contributed by atoms with E-state index in [0.29, 0.717) is 54.5 Å². The van der Waals surface area contributed by atoms with Crippen LogP contribution in [0, 0.1) is 0 Å². The number of hydrogen-bond acceptors (Lipinski definition) is 5. The van der Waals surface area contributed by atoms with Crippen molar-refractivity contribution in [2.45, 2.75) is 38.4 Å². The van der Waals surface area contributed by atoms with Crippen molar-refractivity contribution in [1.29, 1.82) is 0 Å². The molecule has 2 aromatic heterocycles. The topological polar surface area (TPSA) is 100 Å². The van der Waals surface area contributed by atoms with Crippen LogP contribution in [0.3, 0.4) is 0 Å². The van der Waals surface area contributed by atoms with E-state index in [9.17, 15) is 18.0 Å². The number of H-pyrrole nitrogens is 1. The average Bonchev–Trinajstić information content (AvgIpc) is 3.35. The van der Waals surface area contributed by atoms with E-state index < -0.39 is 10.0 Å². The first-order valence-corrected chi connectivity index (χ1v) is 14.5. The number of fused-ring (bicyclic) bond motifs is 1. The van der Waals surface area contributed by atoms with Gasteiger partial charge in [-0.05, 0) is 55.3 Å². The number of sulfonamides is 1. The SMILES string of the molecule is CCn1c(=O)c2[nH]c(-c3ccc(S(=O)(=O)N4CCN(Cc5cccc(Cl)c5)CC4)cc3)cc2n(CC)c1=O. The van der Waals surface area contributed by atoms with Crippen molar-refractivity contribution in [3.8, 4) is 11.3 Å². The van der Waals surface area contributed by atoms with E-state index in [0.717, 1.165) is 17.7 Å². The molecule has 9 nitrogen and oxygen atoms in total. The summed E-state index contributed by atoms with van der Waals surface area (Å²) in [6.07, 6.45) is 0. The summed E-state index contributed by atoms with van der Waals surface area (Å²) in [7, 11) is -3.64. The Kier molecular flexibility index (Phi) is 7.32. The van der Waals surface area contributed by atoms with Crippen LogP contribution >= 0.6 is 11.6 Å². The number of nitrogens with zero attached hydrogens (tertiary/aromatic N) is 4. The third-order valence-electron chi connectivity index (χ3n) is 7.07. The maximum absolute atomic E-state index is 13.3. The van der Waals surface area contributed by atoms with E-state index >= 15 is 0 Å². The van der Waals surface area contributed by atoms with Crippen molar-refractivity contribution in [2.75, 3.05) is 26.2 Å². The molecule has 11 heteroatoms. The van der Waals surface area contributed by atoms with Gasteiger partial charge >= 0.3 is 5.69 Å². The number of hydrogen-bond donors (Lipinski definition) is 1. The molecule has 1 fully saturated rings. The summed E-state index contributed by atoms with van der Waals surface area (Å²) < 4.78 is 30.9. The van der Waals surface area contributed by atoms with Crippen LogP contribution in [0.25, 0.3) is 22.3 Å². The molecule has 3 heterocycles. The molecule has 38 heavy (non-hydrogen) atoms. The molecule has 0 bridgehead atoms. The highest BCUT2D eigenvalue weighted by Gasteiger charge is 2.28. The quantitative estimate of drug-likeness (QED) is 0.377. The summed E-state index contributed by atoms with van der Waals surface area (Å²) in [5.41, 5.74) is 2.66. The molecule has 0 amide bonds. The van der Waals surface area contributed by atoms with Gasteiger partial charge in [0.05, 0.1) is 10.4 Å². The first kappa shape index (κ1) is 26.4. The Morgan fingerprint density at radius 2 is 1.58 bits per heavy atom. The van der Waals surface area contributed by atoms with E-state index in [1.165, 1.54) is 8.87 Å². The highest BCUT2D eigenvalue weighted by Crippen LogP contribution is 2.25. The number of rotatable bonds is 7. The zero-order chi connectivity index (χ0) is 27.0. The van der Waals surface area contributed by atoms with Gasteiger partial charge in [0.15, 0.2) is 0 Å². The zero-order valence-electron chi connectivity index (χ0n) is 21.4. The molecule has 5 rings (SSSR count). The molecule has 200 valence electrons. The highest BCUT2D eigenvalue weighted by molar-refractivity contribution is 7.89. The van der Waals surface area contributed by atoms with Crippen molar-refractivity contribution in [3.05, 3.63) is 86.0 Å². The van der Waals surface area contributed by atoms with Crippen LogP contribution in [0.2, 0.25) is 5.02 Å². The third-order valence-corrected chi connectivity index (χ3v) is 9.22. The number of nitrogens with one attached hydrogen (secondary N) is 1. The average molecular weight is 556 g/mol. The molecule has 0 unspecified atom stereocenters. The van der Waals surface area contributed by atoms with E-state index in [1.54, 1.807) is 41.8 Å². The molecule has 0 saturated carbocycles. The molecule has 1 aliphatic rings. The minimum atomic E-state index is -3.64. The standard InChI is InChI=1S/C27H30ClN5O4S/c1-3-32-24-17-23(29-25(24)26(34)33(4-2)27(32)35)20-8-10-22(11-9-20)38(36,37)31-14-12-30(13-15-31)18-19-6-5-7-21(28)16-19/h5-11,16-17,29H,3-4,12-15,18H2,1-2H3. The summed E-state index contributed by atoms with van der Waals surface area (Å²) in [5.74, 6) is 0. The number of piperazine rings is 1. The lowest BCUT2D eigenvalue weighted by Crippen LogP contribution is -2.48. The second-order valence-corrected chi connectivity index (χ2v) is 11.7. The fourth-order valence-electron chi connectivity index (χ4n) is 5.01. The number of aryl methyl sites for hydroxylation is 1. The summed E-state index contributed by atoms with van der Waals surface area (Å²) in [6.45, 7) is 7.13. The van der Waals surface area contributed by atoms with Gasteiger partial charge in [-0.3, -0.25) is 18.8 Å². The summed E-state index contributed by atoms with van der Waals surface area (Å²) in [4.78, 5) is 31.1. The molecular weight excluding hydrogens is 526 g/mol. The van der Waals surface area contributed by atoms with Gasteiger partial charge in [-0.2, -0.15) is 4.31 Å². The molecule has 0 aliphatic carbocycles. The predicted octanol–water partition coefficient (Wildman–Crippen LogP) is 3.36. The molecule has 0 spiro atoms. The second kappa shape index (κ2) is 10.5. The van der Waals surface area contributed by atoms with E-state index in [-0.39, 0.29) is 22.7 Å². The van der Waals surface area contributed by atoms with Crippen LogP contribution in [0.5, 0.6) is 0 Å². The van der Waals surface area contributed by atoms with Crippen LogP contribution in [0.1, 0.15) is 19.4 Å². The Morgan fingerprint density at radius 1 is 0.895 bits per heavy atom. The number of halogens is 1. The Balaban J connectivity index is 1.34. The number of aromatic amines is 1. The van der Waals surface area contributed by atoms with Crippen molar-refractivity contribution in [3.63, 3.8) is 0 Å². The Hall–Kier alpha value is -3.18. The largest absolute Gasteiger partial charge is 0.349 e. The Labute approximate surface area is 225 Å². The van der Waals surface area contributed by atoms with Crippen molar-refractivity contribution in [1.82, 2.24) is 23.3 Å². The van der Waals surface area contributed by atoms with Gasteiger partial charge in [0.2, 0.25) is 10.0 Å². The van der Waals surface area contributed by atoms with Gasteiger partial charge < -0.3 is 4.98 Å². The summed E-state index contributed by atoms with van der Waals surface area (Å²) in [6, 6.07) is 16.1. The summed E-state index contributed by atoms with van der Waals surface area (Å²) in [5, 5.41) is 0.692. The second-order valence-electron chi connectivity index (χ2n) is 9.35. The van der Waals surface area contributed by atoms with Gasteiger partial charge in [-0.1, -0.05) is 35.9 Å². The van der Waals surface area contributed by atoms with Crippen LogP contribution in [-0.2, 0) is 29.7 Å². The van der Waals surface area contributed by atoms with E-state index in [1.807, 2.05) is 31.2 Å². The first-order chi connectivity index (χ1) is 18.2. The van der Waals surface area contributed by atoms with Crippen molar-refractivity contribution >= 4 is 32.7 Å². The van der Waals surface area contributed by atoms with Crippen LogP contribution in [0.4, 0.5) is 0 Å². The smallest absolute Gasteiger partial charge is 0.331 e. The maximum atomic E-state index is 13.3. The monoisotopic (exact) mass is 555 g/mol. The zero-order valence-corrected chi connectivity index (χ0v) is 22.9. The predicted molar refractivity (Wildman–Crippen MR) is 149 cm³/mol. The number of aromatic nitrogens is 3. The van der Waals surface area contributed by atoms with Crippen LogP contribution < -0.4 is 11.2 Å². The lowest BCUT2D eigenvalue weighted by atomic mass is 10.1. The van der Waals surface area contributed by atoms with Crippen molar-refractivity contribution < 1.29 is 8.42 Å². The Morgan fingerprint density at radius 3 is 2.21 bits per heavy atom. The normalized spacial score (nSPS) is 15.3. The third kappa shape index (κ3) is 4.84. The van der Waals surface area contributed by atoms with Gasteiger partial charge in [-0.15, -0.1) is 0 Å². The molecule has 0 atom stereocenters. The molecule has 1 aliphatic heterocycles. The van der Waals surface area contributed by atoms with Crippen molar-refractivity contribution in [2.24, 2.45) is 0 Å². The number of benzene rings is 2. The van der Waals surface area contributed by atoms with E-state index in [4.69, 9.17) is 11.6 Å². The lowest BCUT2D eigenvalue weighted by molar-refractivity contribution is 0.181. The van der Waals surface area contributed by atoms with E-state index in [2.05, 4.69) is 9.88 Å². The molecule has 1 N–H and O–H groups in total. The van der Waals surface area contributed by atoms with Gasteiger partial charge in [-0.25, -0.2) is 13.2 Å². The molecular formula is C27H30ClN5O4S. The lowest BCUT2D eigenvalue weighted by Gasteiger charge is -2.34. The minimum absolute atomic E-state index is 0.222. The van der Waals surface area contributed by atoms with Gasteiger partial charge in [0, 0.05) is 56.5 Å². The molecule has 4 aromatic rings. The first-order valence-electron chi connectivity index (χ1n) is 12.7. The fourth-order valence-corrected chi connectivity index (χ4v) is 6.64. The molecule has 2 aromatic carbocycles. The van der Waals surface area contributed by atoms with Gasteiger partial charge in [0.25, 0.3) is 5.56 Å². The minimum Gasteiger partial charge on any atom is -0.349 e. The van der Waals surface area contributed by atoms with Crippen LogP contribution in [-0.4, -0.2) is 57.9 Å².